The van der Waals surface area contributed by atoms with Gasteiger partial charge in [0.05, 0.1) is 11.0 Å². The zero-order valence-electron chi connectivity index (χ0n) is 45.5. The molecule has 0 aliphatic heterocycles. The van der Waals surface area contributed by atoms with Crippen LogP contribution in [-0.4, -0.2) is 4.57 Å². The SMILES string of the molecule is c1cc(-c2c3ccccc3c(-c3ccc4ccccc4c3)c3ccccc23)cc(-n2c3ccccc3c3ccccc32)c1.c1cc(-c2ccc3ccccc3c2)cc(-c2c3ccccc3c(-c3ccc4ccccc4c3)c3ccccc23)c1. The second kappa shape index (κ2) is 20.0. The zero-order chi connectivity index (χ0) is 54.8. The molecule has 1 heterocycles. The summed E-state index contributed by atoms with van der Waals surface area (Å²) in [4.78, 5) is 0. The quantitative estimate of drug-likeness (QED) is 0.146. The third kappa shape index (κ3) is 8.24. The van der Waals surface area contributed by atoms with Crippen molar-refractivity contribution in [3.63, 3.8) is 0 Å². The zero-order valence-corrected chi connectivity index (χ0v) is 45.5. The molecule has 386 valence electrons. The van der Waals surface area contributed by atoms with Gasteiger partial charge in [-0.1, -0.05) is 273 Å². The number of aromatic nitrogens is 1. The van der Waals surface area contributed by atoms with Crippen LogP contribution in [-0.2, 0) is 0 Å². The minimum Gasteiger partial charge on any atom is -0.309 e. The van der Waals surface area contributed by atoms with E-state index in [0.29, 0.717) is 0 Å². The first kappa shape index (κ1) is 48.1. The summed E-state index contributed by atoms with van der Waals surface area (Å²) in [6.07, 6.45) is 0. The maximum absolute atomic E-state index is 2.40. The van der Waals surface area contributed by atoms with E-state index in [2.05, 4.69) is 326 Å². The molecular formula is C82H53N. The van der Waals surface area contributed by atoms with E-state index in [1.165, 1.54) is 159 Å². The fraction of sp³-hybridized carbons (Fsp3) is 0. The summed E-state index contributed by atoms with van der Waals surface area (Å²) in [6, 6.07) is 117. The number of hydrogen-bond acceptors (Lipinski definition) is 0. The van der Waals surface area contributed by atoms with Crippen LogP contribution in [0.1, 0.15) is 0 Å². The van der Waals surface area contributed by atoms with E-state index < -0.39 is 0 Å². The predicted octanol–water partition coefficient (Wildman–Crippen LogP) is 22.9. The third-order valence-corrected chi connectivity index (χ3v) is 17.1. The lowest BCUT2D eigenvalue weighted by molar-refractivity contribution is 1.18. The van der Waals surface area contributed by atoms with Gasteiger partial charge in [0.25, 0.3) is 0 Å². The van der Waals surface area contributed by atoms with Crippen molar-refractivity contribution >= 4 is 97.2 Å². The van der Waals surface area contributed by atoms with E-state index in [1.807, 2.05) is 0 Å². The summed E-state index contributed by atoms with van der Waals surface area (Å²) >= 11 is 0. The Kier molecular flexibility index (Phi) is 11.6. The first-order chi connectivity index (χ1) is 41.2. The normalized spacial score (nSPS) is 11.6. The molecule has 0 unspecified atom stereocenters. The fourth-order valence-corrected chi connectivity index (χ4v) is 13.4. The van der Waals surface area contributed by atoms with Gasteiger partial charge in [-0.2, -0.15) is 0 Å². The molecule has 0 aliphatic rings. The summed E-state index contributed by atoms with van der Waals surface area (Å²) < 4.78 is 2.40. The molecule has 17 aromatic rings. The van der Waals surface area contributed by atoms with Gasteiger partial charge in [0, 0.05) is 16.5 Å². The summed E-state index contributed by atoms with van der Waals surface area (Å²) in [5, 5.41) is 20.3. The van der Waals surface area contributed by atoms with Gasteiger partial charge < -0.3 is 4.57 Å². The third-order valence-electron chi connectivity index (χ3n) is 17.1. The molecule has 1 aromatic heterocycles. The van der Waals surface area contributed by atoms with Crippen LogP contribution in [0.25, 0.3) is 159 Å². The Morgan fingerprint density at radius 2 is 0.422 bits per heavy atom. The van der Waals surface area contributed by atoms with Crippen molar-refractivity contribution in [2.45, 2.75) is 0 Å². The van der Waals surface area contributed by atoms with Crippen molar-refractivity contribution < 1.29 is 0 Å². The minimum atomic E-state index is 1.17. The lowest BCUT2D eigenvalue weighted by Gasteiger charge is -2.19. The summed E-state index contributed by atoms with van der Waals surface area (Å²) in [5.41, 5.74) is 16.2. The molecule has 0 bridgehead atoms. The lowest BCUT2D eigenvalue weighted by atomic mass is 9.85. The standard InChI is InChI=1S/C42H27N.C40H26/c1-2-13-29-26-31(25-24-28(29)12-1)42-37-20-5-3-18-35(37)41(36-19-4-6-21-38(36)42)30-14-11-15-32(27-30)43-39-22-9-7-16-33(39)34-17-8-10-23-40(34)43;1-3-12-29-24-32(22-20-27(29)10-1)31-14-9-15-33(26-31)39-35-16-5-7-18-37(35)40(38-19-8-6-17-36(38)39)34-23-21-28-11-2-4-13-30(28)25-34/h1-27H;1-26H. The second-order valence-corrected chi connectivity index (χ2v) is 21.9. The maximum Gasteiger partial charge on any atom is 0.0541 e. The predicted molar refractivity (Wildman–Crippen MR) is 357 cm³/mol. The van der Waals surface area contributed by atoms with Gasteiger partial charge in [-0.15, -0.1) is 0 Å². The summed E-state index contributed by atoms with van der Waals surface area (Å²) in [7, 11) is 0. The Balaban J connectivity index is 0.000000137. The molecule has 0 radical (unpaired) electrons. The first-order valence-corrected chi connectivity index (χ1v) is 28.7. The Morgan fingerprint density at radius 1 is 0.157 bits per heavy atom. The molecule has 0 amide bonds. The van der Waals surface area contributed by atoms with E-state index in [9.17, 15) is 0 Å². The molecule has 1 nitrogen and oxygen atoms in total. The van der Waals surface area contributed by atoms with Crippen LogP contribution in [0, 0.1) is 0 Å². The van der Waals surface area contributed by atoms with Crippen molar-refractivity contribution in [3.8, 4) is 61.3 Å². The Morgan fingerprint density at radius 3 is 0.819 bits per heavy atom. The van der Waals surface area contributed by atoms with Gasteiger partial charge in [-0.3, -0.25) is 0 Å². The highest BCUT2D eigenvalue weighted by Gasteiger charge is 2.20. The highest BCUT2D eigenvalue weighted by molar-refractivity contribution is 6.23. The average molecular weight is 1050 g/mol. The minimum absolute atomic E-state index is 1.17. The molecule has 0 atom stereocenters. The Hall–Kier alpha value is -10.9. The van der Waals surface area contributed by atoms with Gasteiger partial charge >= 0.3 is 0 Å². The van der Waals surface area contributed by atoms with Gasteiger partial charge in [0.2, 0.25) is 0 Å². The van der Waals surface area contributed by atoms with E-state index in [-0.39, 0.29) is 0 Å². The van der Waals surface area contributed by atoms with Crippen molar-refractivity contribution in [3.05, 3.63) is 322 Å². The number of rotatable bonds is 6. The summed E-state index contributed by atoms with van der Waals surface area (Å²) in [5.74, 6) is 0. The largest absolute Gasteiger partial charge is 0.309 e. The number of benzene rings is 16. The monoisotopic (exact) mass is 1050 g/mol. The molecule has 0 saturated heterocycles. The molecule has 0 spiro atoms. The smallest absolute Gasteiger partial charge is 0.0541 e. The van der Waals surface area contributed by atoms with Crippen LogP contribution in [0.3, 0.4) is 0 Å². The molecule has 1 heteroatoms. The van der Waals surface area contributed by atoms with Crippen molar-refractivity contribution in [2.24, 2.45) is 0 Å². The van der Waals surface area contributed by atoms with E-state index in [4.69, 9.17) is 0 Å². The highest BCUT2D eigenvalue weighted by atomic mass is 15.0. The topological polar surface area (TPSA) is 4.93 Å². The van der Waals surface area contributed by atoms with Crippen molar-refractivity contribution in [1.29, 1.82) is 0 Å². The lowest BCUT2D eigenvalue weighted by Crippen LogP contribution is -1.95. The Bertz CT molecular complexity index is 5240. The van der Waals surface area contributed by atoms with Crippen LogP contribution in [0.15, 0.2) is 322 Å². The average Bonchev–Trinajstić information content (AvgIpc) is 2.22. The number of para-hydroxylation sites is 2. The number of fused-ring (bicyclic) bond motifs is 10. The van der Waals surface area contributed by atoms with Crippen molar-refractivity contribution in [1.82, 2.24) is 4.57 Å². The van der Waals surface area contributed by atoms with E-state index in [0.717, 1.165) is 0 Å². The van der Waals surface area contributed by atoms with Crippen LogP contribution >= 0.6 is 0 Å². The molecule has 0 N–H and O–H groups in total. The first-order valence-electron chi connectivity index (χ1n) is 28.7. The second-order valence-electron chi connectivity index (χ2n) is 21.9. The van der Waals surface area contributed by atoms with Gasteiger partial charge in [-0.25, -0.2) is 0 Å². The maximum atomic E-state index is 2.40. The summed E-state index contributed by atoms with van der Waals surface area (Å²) in [6.45, 7) is 0. The van der Waals surface area contributed by atoms with Crippen LogP contribution in [0.2, 0.25) is 0 Å². The van der Waals surface area contributed by atoms with Gasteiger partial charge in [-0.05, 0) is 180 Å². The molecule has 0 aliphatic carbocycles. The van der Waals surface area contributed by atoms with Gasteiger partial charge in [0.15, 0.2) is 0 Å². The van der Waals surface area contributed by atoms with Gasteiger partial charge in [0.1, 0.15) is 0 Å². The Labute approximate surface area is 481 Å². The molecule has 0 saturated carbocycles. The number of nitrogens with zero attached hydrogens (tertiary/aromatic N) is 1. The molecule has 83 heavy (non-hydrogen) atoms. The number of hydrogen-bond donors (Lipinski definition) is 0. The van der Waals surface area contributed by atoms with Crippen LogP contribution in [0.5, 0.6) is 0 Å². The van der Waals surface area contributed by atoms with E-state index in [1.54, 1.807) is 0 Å². The van der Waals surface area contributed by atoms with Crippen LogP contribution in [0.4, 0.5) is 0 Å². The highest BCUT2D eigenvalue weighted by Crippen LogP contribution is 2.47. The van der Waals surface area contributed by atoms with Crippen molar-refractivity contribution in [2.75, 3.05) is 0 Å². The fourth-order valence-electron chi connectivity index (χ4n) is 13.4. The molecular weight excluding hydrogens is 999 g/mol. The molecule has 17 rings (SSSR count). The van der Waals surface area contributed by atoms with E-state index >= 15 is 0 Å². The molecule has 0 fully saturated rings. The molecule has 16 aromatic carbocycles. The van der Waals surface area contributed by atoms with Crippen LogP contribution < -0.4 is 0 Å².